The molecule has 0 radical (unpaired) electrons. The van der Waals surface area contributed by atoms with Crippen molar-refractivity contribution in [3.63, 3.8) is 0 Å². The molecular formula is C29H30ClN5O4S2. The summed E-state index contributed by atoms with van der Waals surface area (Å²) in [5.41, 5.74) is 5.70. The first kappa shape index (κ1) is 28.7. The van der Waals surface area contributed by atoms with Crippen LogP contribution in [0.2, 0.25) is 5.02 Å². The van der Waals surface area contributed by atoms with E-state index in [0.29, 0.717) is 27.3 Å². The van der Waals surface area contributed by atoms with Crippen molar-refractivity contribution in [2.24, 2.45) is 0 Å². The van der Waals surface area contributed by atoms with E-state index >= 15 is 0 Å². The van der Waals surface area contributed by atoms with Gasteiger partial charge in [0, 0.05) is 34.4 Å². The SMILES string of the molecule is COc1cc(N2C(=S)N[C@@H](c3ccccn3)[C@H]2c2cc(C)n(-c3cc(Cl)ccc3OC)c2C)ccc1NS(C)(=O)=O. The van der Waals surface area contributed by atoms with Crippen LogP contribution < -0.4 is 24.4 Å². The number of thiocarbonyl (C=S) groups is 1. The fourth-order valence-corrected chi connectivity index (χ4v) is 6.44. The lowest BCUT2D eigenvalue weighted by atomic mass is 9.96. The first-order chi connectivity index (χ1) is 19.5. The van der Waals surface area contributed by atoms with Gasteiger partial charge in [0.2, 0.25) is 10.0 Å². The van der Waals surface area contributed by atoms with Gasteiger partial charge in [-0.05, 0) is 80.2 Å². The summed E-state index contributed by atoms with van der Waals surface area (Å²) in [6.45, 7) is 4.09. The average Bonchev–Trinajstić information content (AvgIpc) is 3.43. The highest BCUT2D eigenvalue weighted by atomic mass is 35.5. The number of methoxy groups -OCH3 is 2. The smallest absolute Gasteiger partial charge is 0.229 e. The molecule has 1 aliphatic rings. The lowest BCUT2D eigenvalue weighted by molar-refractivity contribution is 0.412. The Kier molecular flexibility index (Phi) is 7.87. The molecule has 0 spiro atoms. The number of aryl methyl sites for hydroxylation is 1. The highest BCUT2D eigenvalue weighted by Gasteiger charge is 2.42. The molecule has 214 valence electrons. The van der Waals surface area contributed by atoms with Crippen LogP contribution >= 0.6 is 23.8 Å². The van der Waals surface area contributed by atoms with Crippen molar-refractivity contribution in [2.45, 2.75) is 25.9 Å². The van der Waals surface area contributed by atoms with E-state index in [0.717, 1.165) is 40.3 Å². The van der Waals surface area contributed by atoms with E-state index in [-0.39, 0.29) is 12.1 Å². The van der Waals surface area contributed by atoms with Crippen LogP contribution in [0.25, 0.3) is 5.69 Å². The third kappa shape index (κ3) is 5.57. The van der Waals surface area contributed by atoms with Gasteiger partial charge in [-0.1, -0.05) is 17.7 Å². The number of nitrogens with zero attached hydrogens (tertiary/aromatic N) is 3. The van der Waals surface area contributed by atoms with Gasteiger partial charge < -0.3 is 24.3 Å². The van der Waals surface area contributed by atoms with Crippen molar-refractivity contribution in [3.8, 4) is 17.2 Å². The summed E-state index contributed by atoms with van der Waals surface area (Å²) in [5, 5.41) is 4.57. The molecule has 2 aromatic heterocycles. The lowest BCUT2D eigenvalue weighted by Crippen LogP contribution is -2.29. The number of ether oxygens (including phenoxy) is 2. The molecule has 0 unspecified atom stereocenters. The molecule has 0 amide bonds. The minimum Gasteiger partial charge on any atom is -0.495 e. The summed E-state index contributed by atoms with van der Waals surface area (Å²) >= 11 is 12.3. The Morgan fingerprint density at radius 2 is 1.78 bits per heavy atom. The zero-order valence-electron chi connectivity index (χ0n) is 23.2. The molecule has 12 heteroatoms. The summed E-state index contributed by atoms with van der Waals surface area (Å²) in [6.07, 6.45) is 2.85. The van der Waals surface area contributed by atoms with Crippen LogP contribution in [0.3, 0.4) is 0 Å². The second kappa shape index (κ2) is 11.2. The summed E-state index contributed by atoms with van der Waals surface area (Å²) < 4.78 is 39.7. The first-order valence-corrected chi connectivity index (χ1v) is 15.4. The Morgan fingerprint density at radius 1 is 1.02 bits per heavy atom. The quantitative estimate of drug-likeness (QED) is 0.245. The Labute approximate surface area is 250 Å². The first-order valence-electron chi connectivity index (χ1n) is 12.7. The topological polar surface area (TPSA) is 97.7 Å². The van der Waals surface area contributed by atoms with Gasteiger partial charge in [-0.25, -0.2) is 8.42 Å². The minimum atomic E-state index is -3.51. The van der Waals surface area contributed by atoms with Crippen LogP contribution in [0, 0.1) is 13.8 Å². The average molecular weight is 612 g/mol. The molecule has 3 heterocycles. The normalized spacial score (nSPS) is 16.9. The predicted molar refractivity (Wildman–Crippen MR) is 166 cm³/mol. The van der Waals surface area contributed by atoms with Crippen LogP contribution in [-0.2, 0) is 10.0 Å². The molecule has 5 rings (SSSR count). The standard InChI is InChI=1S/C29H30ClN5O4S2/c1-17-14-21(18(2)34(17)24-15-19(30)9-12-25(24)38-3)28-27(23-8-6-7-13-31-23)32-29(40)35(28)20-10-11-22(26(16-20)39-4)33-41(5,36)37/h6-16,27-28,33H,1-5H3,(H,32,40)/t27-,28+/m0/s1. The maximum Gasteiger partial charge on any atom is 0.229 e. The molecule has 2 atom stereocenters. The van der Waals surface area contributed by atoms with Gasteiger partial charge in [0.05, 0.1) is 49.6 Å². The second-order valence-electron chi connectivity index (χ2n) is 9.73. The predicted octanol–water partition coefficient (Wildman–Crippen LogP) is 5.71. The number of halogens is 1. The molecule has 1 saturated heterocycles. The number of pyridine rings is 1. The third-order valence-corrected chi connectivity index (χ3v) is 8.17. The second-order valence-corrected chi connectivity index (χ2v) is 12.3. The Balaban J connectivity index is 1.69. The molecule has 9 nitrogen and oxygen atoms in total. The van der Waals surface area contributed by atoms with Crippen LogP contribution in [0.1, 0.15) is 34.7 Å². The summed E-state index contributed by atoms with van der Waals surface area (Å²) in [7, 11) is -0.378. The fraction of sp³-hybridized carbons (Fsp3) is 0.241. The molecule has 2 N–H and O–H groups in total. The van der Waals surface area contributed by atoms with Gasteiger partial charge in [-0.2, -0.15) is 0 Å². The van der Waals surface area contributed by atoms with E-state index in [1.54, 1.807) is 31.5 Å². The molecular weight excluding hydrogens is 582 g/mol. The summed E-state index contributed by atoms with van der Waals surface area (Å²) in [4.78, 5) is 6.67. The van der Waals surface area contributed by atoms with Crippen LogP contribution in [0.5, 0.6) is 11.5 Å². The van der Waals surface area contributed by atoms with Gasteiger partial charge in [-0.3, -0.25) is 9.71 Å². The Hall–Kier alpha value is -3.80. The van der Waals surface area contributed by atoms with Gasteiger partial charge in [0.25, 0.3) is 0 Å². The molecule has 0 saturated carbocycles. The van der Waals surface area contributed by atoms with Crippen molar-refractivity contribution in [1.29, 1.82) is 0 Å². The van der Waals surface area contributed by atoms with Crippen molar-refractivity contribution in [1.82, 2.24) is 14.9 Å². The van der Waals surface area contributed by atoms with Crippen LogP contribution in [0.4, 0.5) is 11.4 Å². The maximum absolute atomic E-state index is 11.9. The largest absolute Gasteiger partial charge is 0.495 e. The number of hydrogen-bond donors (Lipinski definition) is 2. The summed E-state index contributed by atoms with van der Waals surface area (Å²) in [5.74, 6) is 1.06. The zero-order chi connectivity index (χ0) is 29.5. The number of benzene rings is 2. The maximum atomic E-state index is 11.9. The molecule has 0 aliphatic carbocycles. The van der Waals surface area contributed by atoms with Gasteiger partial charge in [-0.15, -0.1) is 0 Å². The van der Waals surface area contributed by atoms with Crippen molar-refractivity contribution in [2.75, 3.05) is 30.1 Å². The third-order valence-electron chi connectivity index (χ3n) is 7.03. The lowest BCUT2D eigenvalue weighted by Gasteiger charge is -2.29. The fourth-order valence-electron chi connectivity index (χ4n) is 5.36. The van der Waals surface area contributed by atoms with E-state index in [4.69, 9.17) is 33.3 Å². The highest BCUT2D eigenvalue weighted by molar-refractivity contribution is 7.92. The van der Waals surface area contributed by atoms with Crippen LogP contribution in [0.15, 0.2) is 66.9 Å². The van der Waals surface area contributed by atoms with Crippen molar-refractivity contribution in [3.05, 3.63) is 94.5 Å². The minimum absolute atomic E-state index is 0.279. The van der Waals surface area contributed by atoms with E-state index in [2.05, 4.69) is 32.6 Å². The van der Waals surface area contributed by atoms with E-state index in [9.17, 15) is 8.42 Å². The number of hydrogen-bond acceptors (Lipinski definition) is 6. The van der Waals surface area contributed by atoms with Gasteiger partial charge >= 0.3 is 0 Å². The summed E-state index contributed by atoms with van der Waals surface area (Å²) in [6, 6.07) is 18.1. The van der Waals surface area contributed by atoms with Crippen LogP contribution in [-0.4, -0.2) is 43.6 Å². The Bertz CT molecular complexity index is 1730. The zero-order valence-corrected chi connectivity index (χ0v) is 25.6. The van der Waals surface area contributed by atoms with E-state index < -0.39 is 10.0 Å². The molecule has 1 fully saturated rings. The van der Waals surface area contributed by atoms with Crippen molar-refractivity contribution < 1.29 is 17.9 Å². The number of aromatic nitrogens is 2. The van der Waals surface area contributed by atoms with E-state index in [1.807, 2.05) is 48.2 Å². The number of sulfonamides is 1. The molecule has 0 bridgehead atoms. The Morgan fingerprint density at radius 3 is 2.44 bits per heavy atom. The number of rotatable bonds is 8. The van der Waals surface area contributed by atoms with Gasteiger partial charge in [0.15, 0.2) is 5.11 Å². The molecule has 2 aromatic carbocycles. The number of anilines is 2. The molecule has 41 heavy (non-hydrogen) atoms. The van der Waals surface area contributed by atoms with E-state index in [1.165, 1.54) is 7.11 Å². The van der Waals surface area contributed by atoms with Gasteiger partial charge in [0.1, 0.15) is 11.5 Å². The monoisotopic (exact) mass is 611 g/mol. The molecule has 1 aliphatic heterocycles. The van der Waals surface area contributed by atoms with Crippen molar-refractivity contribution >= 4 is 50.3 Å². The highest BCUT2D eigenvalue weighted by Crippen LogP contribution is 2.45. The number of nitrogens with one attached hydrogen (secondary N) is 2. The molecule has 4 aromatic rings.